The molecule has 0 saturated heterocycles. The molecule has 2 aromatic heterocycles. The van der Waals surface area contributed by atoms with Gasteiger partial charge in [0.05, 0.1) is 6.33 Å². The largest absolute Gasteiger partial charge is 0.340 e. The second kappa shape index (κ2) is 5.29. The summed E-state index contributed by atoms with van der Waals surface area (Å²) in [7, 11) is 0. The van der Waals surface area contributed by atoms with Crippen LogP contribution in [0.3, 0.4) is 0 Å². The van der Waals surface area contributed by atoms with E-state index in [9.17, 15) is 0 Å². The number of benzene rings is 2. The van der Waals surface area contributed by atoms with E-state index in [2.05, 4.69) is 49.1 Å². The lowest BCUT2D eigenvalue weighted by molar-refractivity contribution is 1.14. The van der Waals surface area contributed by atoms with Crippen molar-refractivity contribution in [3.63, 3.8) is 0 Å². The van der Waals surface area contributed by atoms with Crippen LogP contribution in [0.2, 0.25) is 0 Å². The summed E-state index contributed by atoms with van der Waals surface area (Å²) in [6.45, 7) is 0. The van der Waals surface area contributed by atoms with Gasteiger partial charge in [0.2, 0.25) is 0 Å². The van der Waals surface area contributed by atoms with Crippen molar-refractivity contribution in [2.75, 3.05) is 4.90 Å². The number of para-hydroxylation sites is 2. The fraction of sp³-hybridized carbons (Fsp3) is 0. The Hall–Kier alpha value is -3.21. The summed E-state index contributed by atoms with van der Waals surface area (Å²) in [5, 5.41) is 0. The minimum absolute atomic E-state index is 0.655. The van der Waals surface area contributed by atoms with Crippen molar-refractivity contribution < 1.29 is 0 Å². The molecule has 0 bridgehead atoms. The van der Waals surface area contributed by atoms with Crippen molar-refractivity contribution in [3.05, 3.63) is 73.3 Å². The molecule has 5 heteroatoms. The predicted molar refractivity (Wildman–Crippen MR) is 86.4 cm³/mol. The van der Waals surface area contributed by atoms with Crippen LogP contribution in [-0.4, -0.2) is 19.9 Å². The highest BCUT2D eigenvalue weighted by Crippen LogP contribution is 2.35. The van der Waals surface area contributed by atoms with E-state index in [1.165, 1.54) is 6.33 Å². The average molecular weight is 287 g/mol. The number of hydrogen-bond acceptors (Lipinski definition) is 4. The molecule has 106 valence electrons. The van der Waals surface area contributed by atoms with E-state index in [1.807, 2.05) is 36.4 Å². The summed E-state index contributed by atoms with van der Waals surface area (Å²) in [4.78, 5) is 18.1. The number of aromatic amines is 1. The molecule has 4 rings (SSSR count). The third kappa shape index (κ3) is 2.09. The van der Waals surface area contributed by atoms with Gasteiger partial charge in [-0.05, 0) is 24.3 Å². The molecule has 0 aliphatic heterocycles. The normalized spacial score (nSPS) is 10.7. The Morgan fingerprint density at radius 2 is 1.36 bits per heavy atom. The minimum Gasteiger partial charge on any atom is -0.340 e. The zero-order valence-corrected chi connectivity index (χ0v) is 11.7. The van der Waals surface area contributed by atoms with Crippen molar-refractivity contribution in [1.82, 2.24) is 19.9 Å². The third-order valence-electron chi connectivity index (χ3n) is 3.44. The molecule has 0 atom stereocenters. The molecule has 1 N–H and O–H groups in total. The topological polar surface area (TPSA) is 57.7 Å². The molecule has 0 saturated carbocycles. The maximum absolute atomic E-state index is 4.48. The second-order valence-electron chi connectivity index (χ2n) is 4.80. The van der Waals surface area contributed by atoms with Crippen LogP contribution < -0.4 is 4.90 Å². The van der Waals surface area contributed by atoms with Crippen LogP contribution in [-0.2, 0) is 0 Å². The predicted octanol–water partition coefficient (Wildman–Crippen LogP) is 3.82. The molecule has 4 aromatic rings. The molecule has 0 radical (unpaired) electrons. The summed E-state index contributed by atoms with van der Waals surface area (Å²) < 4.78 is 0. The van der Waals surface area contributed by atoms with Gasteiger partial charge in [-0.15, -0.1) is 0 Å². The summed E-state index contributed by atoms with van der Waals surface area (Å²) in [5.41, 5.74) is 3.53. The molecule has 0 spiro atoms. The van der Waals surface area contributed by atoms with Crippen LogP contribution in [0.15, 0.2) is 73.3 Å². The van der Waals surface area contributed by atoms with Crippen LogP contribution in [0.25, 0.3) is 11.2 Å². The van der Waals surface area contributed by atoms with Gasteiger partial charge in [-0.1, -0.05) is 36.4 Å². The SMILES string of the molecule is c1ccc(N(c2ccccc2)c2ncnc3nc[nH]c23)cc1. The molecule has 2 aromatic carbocycles. The molecule has 0 fully saturated rings. The van der Waals surface area contributed by atoms with E-state index in [4.69, 9.17) is 0 Å². The number of nitrogens with zero attached hydrogens (tertiary/aromatic N) is 4. The second-order valence-corrected chi connectivity index (χ2v) is 4.80. The highest BCUT2D eigenvalue weighted by Gasteiger charge is 2.17. The van der Waals surface area contributed by atoms with Crippen LogP contribution in [0, 0.1) is 0 Å². The van der Waals surface area contributed by atoms with E-state index < -0.39 is 0 Å². The number of hydrogen-bond donors (Lipinski definition) is 1. The van der Waals surface area contributed by atoms with Gasteiger partial charge < -0.3 is 4.98 Å². The lowest BCUT2D eigenvalue weighted by Crippen LogP contribution is -2.12. The van der Waals surface area contributed by atoms with E-state index >= 15 is 0 Å². The van der Waals surface area contributed by atoms with Gasteiger partial charge in [0.15, 0.2) is 11.5 Å². The maximum atomic E-state index is 4.48. The first-order valence-electron chi connectivity index (χ1n) is 6.98. The summed E-state index contributed by atoms with van der Waals surface area (Å²) >= 11 is 0. The number of aromatic nitrogens is 4. The number of nitrogens with one attached hydrogen (secondary N) is 1. The molecule has 0 aliphatic rings. The Bertz CT molecular complexity index is 847. The van der Waals surface area contributed by atoms with E-state index in [-0.39, 0.29) is 0 Å². The maximum Gasteiger partial charge on any atom is 0.182 e. The molecular weight excluding hydrogens is 274 g/mol. The first-order valence-corrected chi connectivity index (χ1v) is 6.98. The highest BCUT2D eigenvalue weighted by atomic mass is 15.2. The van der Waals surface area contributed by atoms with Gasteiger partial charge >= 0.3 is 0 Å². The van der Waals surface area contributed by atoms with Gasteiger partial charge in [0.25, 0.3) is 0 Å². The van der Waals surface area contributed by atoms with Crippen LogP contribution in [0.1, 0.15) is 0 Å². The van der Waals surface area contributed by atoms with Gasteiger partial charge in [-0.25, -0.2) is 15.0 Å². The van der Waals surface area contributed by atoms with Crippen molar-refractivity contribution in [3.8, 4) is 0 Å². The molecule has 22 heavy (non-hydrogen) atoms. The first kappa shape index (κ1) is 12.5. The number of rotatable bonds is 3. The monoisotopic (exact) mass is 287 g/mol. The number of fused-ring (bicyclic) bond motifs is 1. The Labute approximate surface area is 127 Å². The van der Waals surface area contributed by atoms with Crippen molar-refractivity contribution in [2.24, 2.45) is 0 Å². The quantitative estimate of drug-likeness (QED) is 0.622. The van der Waals surface area contributed by atoms with E-state index in [0.717, 1.165) is 22.7 Å². The van der Waals surface area contributed by atoms with Gasteiger partial charge in [0.1, 0.15) is 11.8 Å². The highest BCUT2D eigenvalue weighted by molar-refractivity contribution is 5.90. The molecule has 0 unspecified atom stereocenters. The fourth-order valence-electron chi connectivity index (χ4n) is 2.47. The van der Waals surface area contributed by atoms with Crippen molar-refractivity contribution >= 4 is 28.4 Å². The number of H-pyrrole nitrogens is 1. The minimum atomic E-state index is 0.655. The summed E-state index contributed by atoms with van der Waals surface area (Å²) in [5.74, 6) is 0.778. The zero-order valence-electron chi connectivity index (χ0n) is 11.7. The number of imidazole rings is 1. The van der Waals surface area contributed by atoms with Gasteiger partial charge in [-0.2, -0.15) is 0 Å². The molecule has 5 nitrogen and oxygen atoms in total. The third-order valence-corrected chi connectivity index (χ3v) is 3.44. The fourth-order valence-corrected chi connectivity index (χ4v) is 2.47. The molecular formula is C17H13N5. The van der Waals surface area contributed by atoms with Crippen LogP contribution in [0.4, 0.5) is 17.2 Å². The lowest BCUT2D eigenvalue weighted by Gasteiger charge is -2.24. The molecule has 0 aliphatic carbocycles. The van der Waals surface area contributed by atoms with Gasteiger partial charge in [-0.3, -0.25) is 4.90 Å². The van der Waals surface area contributed by atoms with Crippen LogP contribution in [0.5, 0.6) is 0 Å². The lowest BCUT2D eigenvalue weighted by atomic mass is 10.2. The average Bonchev–Trinajstić information content (AvgIpc) is 3.07. The van der Waals surface area contributed by atoms with Gasteiger partial charge in [0, 0.05) is 11.4 Å². The smallest absolute Gasteiger partial charge is 0.182 e. The van der Waals surface area contributed by atoms with E-state index in [0.29, 0.717) is 5.65 Å². The summed E-state index contributed by atoms with van der Waals surface area (Å²) in [6, 6.07) is 20.3. The van der Waals surface area contributed by atoms with Crippen molar-refractivity contribution in [2.45, 2.75) is 0 Å². The van der Waals surface area contributed by atoms with Crippen LogP contribution >= 0.6 is 0 Å². The number of anilines is 3. The molecule has 2 heterocycles. The summed E-state index contributed by atoms with van der Waals surface area (Å²) in [6.07, 6.45) is 3.18. The Morgan fingerprint density at radius 1 is 0.727 bits per heavy atom. The standard InChI is InChI=1S/C17H13N5/c1-3-7-13(8-4-1)22(14-9-5-2-6-10-14)17-15-16(19-11-18-15)20-12-21-17/h1-12H,(H,18,19,20,21). The Morgan fingerprint density at radius 3 is 2.00 bits per heavy atom. The zero-order chi connectivity index (χ0) is 14.8. The van der Waals surface area contributed by atoms with Crippen molar-refractivity contribution in [1.29, 1.82) is 0 Å². The molecule has 0 amide bonds. The Balaban J connectivity index is 1.97. The first-order chi connectivity index (χ1) is 10.9. The Kier molecular flexibility index (Phi) is 3.01. The van der Waals surface area contributed by atoms with E-state index in [1.54, 1.807) is 6.33 Å².